The summed E-state index contributed by atoms with van der Waals surface area (Å²) in [5.74, 6) is 0.0615. The number of benzene rings is 1. The highest BCUT2D eigenvalue weighted by atomic mass is 19.4. The van der Waals surface area contributed by atoms with Gasteiger partial charge in [0.05, 0.1) is 18.6 Å². The third-order valence-corrected chi connectivity index (χ3v) is 4.64. The molecule has 0 bridgehead atoms. The van der Waals surface area contributed by atoms with Crippen molar-refractivity contribution in [2.45, 2.75) is 38.5 Å². The van der Waals surface area contributed by atoms with Crippen LogP contribution >= 0.6 is 0 Å². The molecule has 3 atom stereocenters. The van der Waals surface area contributed by atoms with E-state index in [0.717, 1.165) is 5.56 Å². The van der Waals surface area contributed by atoms with E-state index in [1.54, 1.807) is 0 Å². The summed E-state index contributed by atoms with van der Waals surface area (Å²) in [7, 11) is 0. The first kappa shape index (κ1) is 18.2. The van der Waals surface area contributed by atoms with Gasteiger partial charge in [0.1, 0.15) is 0 Å². The largest absolute Gasteiger partial charge is 0.394 e. The fourth-order valence-electron chi connectivity index (χ4n) is 2.79. The van der Waals surface area contributed by atoms with Crippen molar-refractivity contribution >= 4 is 0 Å². The van der Waals surface area contributed by atoms with E-state index in [9.17, 15) is 13.2 Å². The highest BCUT2D eigenvalue weighted by Gasteiger charge is 2.46. The summed E-state index contributed by atoms with van der Waals surface area (Å²) in [6, 6.07) is 9.49. The van der Waals surface area contributed by atoms with Crippen LogP contribution in [0.3, 0.4) is 0 Å². The maximum Gasteiger partial charge on any atom is 0.394 e. The standard InChI is InChI=1S/C17H25F3N2O/c1-16(2,17(18,19)20)8-9-22-15(12-6-4-3-5-7-12)13-10-23-11-14(13)21/h3-7,13-15,22H,8-11,21H2,1-2H3/t13-,14-,15?/m1/s1. The summed E-state index contributed by atoms with van der Waals surface area (Å²) in [5.41, 5.74) is 5.42. The minimum absolute atomic E-state index is 0.0165. The van der Waals surface area contributed by atoms with Crippen molar-refractivity contribution in [1.29, 1.82) is 0 Å². The predicted octanol–water partition coefficient (Wildman–Crippen LogP) is 3.27. The summed E-state index contributed by atoms with van der Waals surface area (Å²) in [6.45, 7) is 3.75. The number of nitrogens with two attached hydrogens (primary N) is 1. The lowest BCUT2D eigenvalue weighted by atomic mass is 9.86. The van der Waals surface area contributed by atoms with Crippen molar-refractivity contribution in [3.8, 4) is 0 Å². The van der Waals surface area contributed by atoms with Crippen LogP contribution in [0.15, 0.2) is 30.3 Å². The molecule has 130 valence electrons. The smallest absolute Gasteiger partial charge is 0.379 e. The van der Waals surface area contributed by atoms with Gasteiger partial charge < -0.3 is 15.8 Å². The Morgan fingerprint density at radius 1 is 1.22 bits per heavy atom. The van der Waals surface area contributed by atoms with Crippen molar-refractivity contribution in [2.75, 3.05) is 19.8 Å². The van der Waals surface area contributed by atoms with E-state index >= 15 is 0 Å². The molecule has 3 N–H and O–H groups in total. The van der Waals surface area contributed by atoms with Crippen molar-refractivity contribution in [2.24, 2.45) is 17.1 Å². The van der Waals surface area contributed by atoms with Crippen molar-refractivity contribution in [3.05, 3.63) is 35.9 Å². The molecule has 0 aliphatic carbocycles. The second-order valence-corrected chi connectivity index (χ2v) is 6.84. The van der Waals surface area contributed by atoms with E-state index < -0.39 is 11.6 Å². The van der Waals surface area contributed by atoms with Crippen LogP contribution in [0.4, 0.5) is 13.2 Å². The minimum Gasteiger partial charge on any atom is -0.379 e. The Balaban J connectivity index is 2.04. The van der Waals surface area contributed by atoms with Crippen LogP contribution in [-0.2, 0) is 4.74 Å². The molecule has 0 amide bonds. The monoisotopic (exact) mass is 330 g/mol. The zero-order valence-electron chi connectivity index (χ0n) is 13.6. The van der Waals surface area contributed by atoms with Gasteiger partial charge in [-0.25, -0.2) is 0 Å². The highest BCUT2D eigenvalue weighted by Crippen LogP contribution is 2.40. The van der Waals surface area contributed by atoms with Crippen LogP contribution in [0, 0.1) is 11.3 Å². The van der Waals surface area contributed by atoms with Crippen molar-refractivity contribution < 1.29 is 17.9 Å². The zero-order chi connectivity index (χ0) is 17.1. The van der Waals surface area contributed by atoms with E-state index in [0.29, 0.717) is 13.2 Å². The SMILES string of the molecule is CC(C)(CCNC(c1ccccc1)[C@@H]1COC[C@H]1N)C(F)(F)F. The number of nitrogens with one attached hydrogen (secondary N) is 1. The molecule has 0 spiro atoms. The van der Waals surface area contributed by atoms with E-state index in [2.05, 4.69) is 5.32 Å². The molecule has 23 heavy (non-hydrogen) atoms. The van der Waals surface area contributed by atoms with Crippen molar-refractivity contribution in [1.82, 2.24) is 5.32 Å². The number of ether oxygens (including phenoxy) is 1. The van der Waals surface area contributed by atoms with Crippen LogP contribution in [0.1, 0.15) is 31.9 Å². The van der Waals surface area contributed by atoms with Gasteiger partial charge >= 0.3 is 6.18 Å². The molecule has 1 aromatic rings. The molecule has 0 radical (unpaired) electrons. The molecule has 1 saturated heterocycles. The molecule has 6 heteroatoms. The fourth-order valence-corrected chi connectivity index (χ4v) is 2.79. The van der Waals surface area contributed by atoms with Crippen LogP contribution in [-0.4, -0.2) is 32.0 Å². The Kier molecular flexibility index (Phi) is 5.70. The lowest BCUT2D eigenvalue weighted by Crippen LogP contribution is -2.41. The third kappa shape index (κ3) is 4.46. The Labute approximate surface area is 135 Å². The number of hydrogen-bond donors (Lipinski definition) is 2. The van der Waals surface area contributed by atoms with Crippen molar-refractivity contribution in [3.63, 3.8) is 0 Å². The van der Waals surface area contributed by atoms with E-state index in [4.69, 9.17) is 10.5 Å². The summed E-state index contributed by atoms with van der Waals surface area (Å²) >= 11 is 0. The number of halogens is 3. The van der Waals surface area contributed by atoms with Gasteiger partial charge in [0.2, 0.25) is 0 Å². The Morgan fingerprint density at radius 2 is 1.87 bits per heavy atom. The average Bonchev–Trinajstić information content (AvgIpc) is 2.89. The molecule has 1 aromatic carbocycles. The average molecular weight is 330 g/mol. The second kappa shape index (κ2) is 7.20. The highest BCUT2D eigenvalue weighted by molar-refractivity contribution is 5.20. The van der Waals surface area contributed by atoms with Gasteiger partial charge in [-0.1, -0.05) is 44.2 Å². The molecule has 1 unspecified atom stereocenters. The summed E-state index contributed by atoms with van der Waals surface area (Å²) in [5, 5.41) is 3.28. The van der Waals surface area contributed by atoms with Gasteiger partial charge in [0, 0.05) is 18.0 Å². The van der Waals surface area contributed by atoms with E-state index in [1.807, 2.05) is 30.3 Å². The fraction of sp³-hybridized carbons (Fsp3) is 0.647. The molecule has 0 saturated carbocycles. The first-order chi connectivity index (χ1) is 10.7. The molecule has 1 fully saturated rings. The van der Waals surface area contributed by atoms with Crippen LogP contribution in [0.2, 0.25) is 0 Å². The van der Waals surface area contributed by atoms with Crippen LogP contribution in [0.25, 0.3) is 0 Å². The van der Waals surface area contributed by atoms with Crippen LogP contribution in [0.5, 0.6) is 0 Å². The van der Waals surface area contributed by atoms with Gasteiger partial charge in [-0.15, -0.1) is 0 Å². The first-order valence-electron chi connectivity index (χ1n) is 7.91. The lowest BCUT2D eigenvalue weighted by molar-refractivity contribution is -0.213. The second-order valence-electron chi connectivity index (χ2n) is 6.84. The molecular weight excluding hydrogens is 305 g/mol. The first-order valence-corrected chi connectivity index (χ1v) is 7.91. The minimum atomic E-state index is -4.20. The number of alkyl halides is 3. The molecule has 1 heterocycles. The van der Waals surface area contributed by atoms with Gasteiger partial charge in [0.15, 0.2) is 0 Å². The van der Waals surface area contributed by atoms with E-state index in [-0.39, 0.29) is 31.0 Å². The quantitative estimate of drug-likeness (QED) is 0.841. The third-order valence-electron chi connectivity index (χ3n) is 4.64. The Hall–Kier alpha value is -1.11. The predicted molar refractivity (Wildman–Crippen MR) is 83.9 cm³/mol. The van der Waals surface area contributed by atoms with Gasteiger partial charge in [-0.05, 0) is 18.5 Å². The molecule has 0 aromatic heterocycles. The Morgan fingerprint density at radius 3 is 2.39 bits per heavy atom. The summed E-state index contributed by atoms with van der Waals surface area (Å²) in [4.78, 5) is 0. The van der Waals surface area contributed by atoms with Gasteiger partial charge in [-0.3, -0.25) is 0 Å². The maximum atomic E-state index is 13.0. The van der Waals surface area contributed by atoms with E-state index in [1.165, 1.54) is 13.8 Å². The lowest BCUT2D eigenvalue weighted by Gasteiger charge is -2.31. The topological polar surface area (TPSA) is 47.3 Å². The molecular formula is C17H25F3N2O. The molecule has 2 rings (SSSR count). The summed E-state index contributed by atoms with van der Waals surface area (Å²) in [6.07, 6.45) is -4.19. The van der Waals surface area contributed by atoms with Gasteiger partial charge in [0.25, 0.3) is 0 Å². The number of rotatable bonds is 6. The number of hydrogen-bond acceptors (Lipinski definition) is 3. The Bertz CT molecular complexity index is 490. The van der Waals surface area contributed by atoms with Gasteiger partial charge in [-0.2, -0.15) is 13.2 Å². The zero-order valence-corrected chi connectivity index (χ0v) is 13.6. The molecule has 1 aliphatic rings. The summed E-state index contributed by atoms with van der Waals surface area (Å²) < 4.78 is 44.4. The maximum absolute atomic E-state index is 13.0. The molecule has 1 aliphatic heterocycles. The van der Waals surface area contributed by atoms with Crippen LogP contribution < -0.4 is 11.1 Å². The normalized spacial score (nSPS) is 23.9. The molecule has 3 nitrogen and oxygen atoms in total.